The summed E-state index contributed by atoms with van der Waals surface area (Å²) in [5.74, 6) is 0.416. The van der Waals surface area contributed by atoms with E-state index in [0.29, 0.717) is 17.2 Å². The largest absolute Gasteiger partial charge is 0.497 e. The second kappa shape index (κ2) is 10.2. The van der Waals surface area contributed by atoms with E-state index in [2.05, 4.69) is 21.3 Å². The molecule has 4 aromatic rings. The molecule has 0 saturated carbocycles. The molecule has 0 radical (unpaired) electrons. The SMILES string of the molecule is COC(=O)c1ccccc1-n1cccc1[C@H]1[C@@H](c2ccccn2)NC(=S)N1Cc1ccc(OC)cc1. The molecule has 2 aromatic heterocycles. The van der Waals surface area contributed by atoms with E-state index in [1.165, 1.54) is 7.11 Å². The zero-order chi connectivity index (χ0) is 25.1. The minimum Gasteiger partial charge on any atom is -0.497 e. The first-order chi connectivity index (χ1) is 17.6. The standard InChI is InChI=1S/C28H26N4O3S/c1-34-20-14-12-19(13-15-20)18-32-26(25(30-28(32)36)22-9-5-6-16-29-22)24-11-7-17-31(24)23-10-4-3-8-21(23)27(33)35-2/h3-17,25-26H,18H2,1-2H3,(H,30,36)/t25-,26+/m1/s1. The maximum absolute atomic E-state index is 12.6. The number of thiocarbonyl (C=S) groups is 1. The van der Waals surface area contributed by atoms with Crippen LogP contribution in [0.4, 0.5) is 0 Å². The van der Waals surface area contributed by atoms with Crippen LogP contribution in [0.25, 0.3) is 5.69 Å². The molecule has 7 nitrogen and oxygen atoms in total. The van der Waals surface area contributed by atoms with Crippen molar-refractivity contribution in [1.82, 2.24) is 19.8 Å². The van der Waals surface area contributed by atoms with Gasteiger partial charge >= 0.3 is 5.97 Å². The van der Waals surface area contributed by atoms with Gasteiger partial charge in [-0.1, -0.05) is 30.3 Å². The molecule has 5 rings (SSSR count). The average molecular weight is 499 g/mol. The van der Waals surface area contributed by atoms with Crippen LogP contribution in [0, 0.1) is 0 Å². The number of esters is 1. The highest BCUT2D eigenvalue weighted by Gasteiger charge is 2.41. The summed E-state index contributed by atoms with van der Waals surface area (Å²) in [5, 5.41) is 4.13. The summed E-state index contributed by atoms with van der Waals surface area (Å²) in [6, 6.07) is 24.9. The summed E-state index contributed by atoms with van der Waals surface area (Å²) in [6.07, 6.45) is 3.74. The zero-order valence-electron chi connectivity index (χ0n) is 20.0. The maximum Gasteiger partial charge on any atom is 0.339 e. The van der Waals surface area contributed by atoms with Crippen LogP contribution >= 0.6 is 12.2 Å². The number of para-hydroxylation sites is 1. The molecule has 2 aromatic carbocycles. The second-order valence-electron chi connectivity index (χ2n) is 8.41. The summed E-state index contributed by atoms with van der Waals surface area (Å²) in [7, 11) is 3.05. The Morgan fingerprint density at radius 2 is 1.78 bits per heavy atom. The zero-order valence-corrected chi connectivity index (χ0v) is 20.8. The average Bonchev–Trinajstić information content (AvgIpc) is 3.53. The lowest BCUT2D eigenvalue weighted by Gasteiger charge is -2.29. The van der Waals surface area contributed by atoms with Gasteiger partial charge in [-0.05, 0) is 66.3 Å². The molecular formula is C28H26N4O3S. The van der Waals surface area contributed by atoms with E-state index >= 15 is 0 Å². The highest BCUT2D eigenvalue weighted by molar-refractivity contribution is 7.80. The van der Waals surface area contributed by atoms with Gasteiger partial charge in [0, 0.05) is 24.6 Å². The molecule has 0 spiro atoms. The Kier molecular flexibility index (Phi) is 6.69. The Morgan fingerprint density at radius 3 is 2.50 bits per heavy atom. The van der Waals surface area contributed by atoms with Gasteiger partial charge in [-0.3, -0.25) is 4.98 Å². The van der Waals surface area contributed by atoms with Crippen molar-refractivity contribution in [2.45, 2.75) is 18.6 Å². The van der Waals surface area contributed by atoms with Gasteiger partial charge in [-0.15, -0.1) is 0 Å². The number of methoxy groups -OCH3 is 2. The summed E-state index contributed by atoms with van der Waals surface area (Å²) >= 11 is 5.84. The number of ether oxygens (including phenoxy) is 2. The molecule has 0 unspecified atom stereocenters. The van der Waals surface area contributed by atoms with Crippen molar-refractivity contribution in [1.29, 1.82) is 0 Å². The third-order valence-corrected chi connectivity index (χ3v) is 6.71. The summed E-state index contributed by atoms with van der Waals surface area (Å²) in [4.78, 5) is 19.4. The second-order valence-corrected chi connectivity index (χ2v) is 8.80. The van der Waals surface area contributed by atoms with Gasteiger partial charge < -0.3 is 24.3 Å². The predicted molar refractivity (Wildman–Crippen MR) is 141 cm³/mol. The molecule has 0 amide bonds. The molecule has 1 aliphatic heterocycles. The minimum absolute atomic E-state index is 0.184. The predicted octanol–water partition coefficient (Wildman–Crippen LogP) is 4.84. The number of pyridine rings is 1. The first kappa shape index (κ1) is 23.6. The molecule has 182 valence electrons. The third-order valence-electron chi connectivity index (χ3n) is 6.36. The van der Waals surface area contributed by atoms with Crippen molar-refractivity contribution < 1.29 is 14.3 Å². The smallest absolute Gasteiger partial charge is 0.339 e. The van der Waals surface area contributed by atoms with Gasteiger partial charge in [0.2, 0.25) is 0 Å². The molecule has 2 atom stereocenters. The number of nitrogens with zero attached hydrogens (tertiary/aromatic N) is 3. The van der Waals surface area contributed by atoms with Crippen LogP contribution in [-0.2, 0) is 11.3 Å². The Hall–Kier alpha value is -4.17. The quantitative estimate of drug-likeness (QED) is 0.289. The Bertz CT molecular complexity index is 1370. The lowest BCUT2D eigenvalue weighted by atomic mass is 10.0. The molecular weight excluding hydrogens is 472 g/mol. The number of carbonyl (C=O) groups is 1. The van der Waals surface area contributed by atoms with Crippen molar-refractivity contribution in [3.05, 3.63) is 114 Å². The van der Waals surface area contributed by atoms with Crippen molar-refractivity contribution >= 4 is 23.3 Å². The molecule has 1 saturated heterocycles. The van der Waals surface area contributed by atoms with E-state index in [-0.39, 0.29) is 18.1 Å². The molecule has 3 heterocycles. The molecule has 1 fully saturated rings. The lowest BCUT2D eigenvalue weighted by molar-refractivity contribution is 0.0600. The van der Waals surface area contributed by atoms with Crippen molar-refractivity contribution in [2.24, 2.45) is 0 Å². The molecule has 36 heavy (non-hydrogen) atoms. The van der Waals surface area contributed by atoms with Gasteiger partial charge in [0.1, 0.15) is 5.75 Å². The highest BCUT2D eigenvalue weighted by Crippen LogP contribution is 2.40. The normalized spacial score (nSPS) is 17.1. The third kappa shape index (κ3) is 4.43. The summed E-state index contributed by atoms with van der Waals surface area (Å²) in [6.45, 7) is 0.591. The van der Waals surface area contributed by atoms with E-state index in [1.807, 2.05) is 77.5 Å². The topological polar surface area (TPSA) is 68.6 Å². The fraction of sp³-hybridized carbons (Fsp3) is 0.179. The van der Waals surface area contributed by atoms with E-state index in [1.54, 1.807) is 19.4 Å². The van der Waals surface area contributed by atoms with E-state index < -0.39 is 0 Å². The van der Waals surface area contributed by atoms with Gasteiger partial charge in [-0.2, -0.15) is 0 Å². The number of rotatable bonds is 7. The highest BCUT2D eigenvalue weighted by atomic mass is 32.1. The first-order valence-electron chi connectivity index (χ1n) is 11.6. The van der Waals surface area contributed by atoms with Crippen molar-refractivity contribution in [3.63, 3.8) is 0 Å². The van der Waals surface area contributed by atoms with Crippen LogP contribution in [0.3, 0.4) is 0 Å². The monoisotopic (exact) mass is 498 g/mol. The first-order valence-corrected chi connectivity index (χ1v) is 12.0. The number of aromatic nitrogens is 2. The number of benzene rings is 2. The fourth-order valence-corrected chi connectivity index (χ4v) is 4.95. The van der Waals surface area contributed by atoms with Gasteiger partial charge in [0.15, 0.2) is 5.11 Å². The van der Waals surface area contributed by atoms with Crippen molar-refractivity contribution in [2.75, 3.05) is 14.2 Å². The summed E-state index contributed by atoms with van der Waals surface area (Å²) in [5.41, 5.74) is 4.19. The molecule has 0 aliphatic carbocycles. The Balaban J connectivity index is 1.60. The van der Waals surface area contributed by atoms with E-state index in [9.17, 15) is 4.79 Å². The van der Waals surface area contributed by atoms with Crippen LogP contribution in [-0.4, -0.2) is 39.8 Å². The molecule has 1 aliphatic rings. The Labute approximate surface area is 215 Å². The van der Waals surface area contributed by atoms with E-state index in [4.69, 9.17) is 21.7 Å². The lowest BCUT2D eigenvalue weighted by Crippen LogP contribution is -2.30. The molecule has 0 bridgehead atoms. The van der Waals surface area contributed by atoms with Crippen LogP contribution in [0.1, 0.15) is 39.4 Å². The molecule has 1 N–H and O–H groups in total. The summed E-state index contributed by atoms with van der Waals surface area (Å²) < 4.78 is 12.4. The van der Waals surface area contributed by atoms with E-state index in [0.717, 1.165) is 28.4 Å². The van der Waals surface area contributed by atoms with Crippen LogP contribution < -0.4 is 10.1 Å². The number of carbonyl (C=O) groups excluding carboxylic acids is 1. The molecule has 8 heteroatoms. The number of hydrogen-bond donors (Lipinski definition) is 1. The van der Waals surface area contributed by atoms with Gasteiger partial charge in [-0.25, -0.2) is 4.79 Å². The van der Waals surface area contributed by atoms with Gasteiger partial charge in [0.05, 0.1) is 43.2 Å². The van der Waals surface area contributed by atoms with Gasteiger partial charge in [0.25, 0.3) is 0 Å². The minimum atomic E-state index is -0.387. The Morgan fingerprint density at radius 1 is 1.00 bits per heavy atom. The number of nitrogens with one attached hydrogen (secondary N) is 1. The maximum atomic E-state index is 12.6. The number of hydrogen-bond acceptors (Lipinski definition) is 5. The van der Waals surface area contributed by atoms with Crippen LogP contribution in [0.2, 0.25) is 0 Å². The fourth-order valence-electron chi connectivity index (χ4n) is 4.65. The van der Waals surface area contributed by atoms with Crippen LogP contribution in [0.15, 0.2) is 91.3 Å². The van der Waals surface area contributed by atoms with Crippen LogP contribution in [0.5, 0.6) is 5.75 Å². The van der Waals surface area contributed by atoms with Crippen molar-refractivity contribution in [3.8, 4) is 11.4 Å².